The van der Waals surface area contributed by atoms with Gasteiger partial charge in [0.15, 0.2) is 5.84 Å². The molecular formula is C21H39N7O2. The number of hydrogen-bond donors (Lipinski definition) is 3. The first kappa shape index (κ1) is 20.9. The number of rotatable bonds is 6. The summed E-state index contributed by atoms with van der Waals surface area (Å²) in [6.45, 7) is 8.11. The maximum atomic E-state index is 10.1. The highest BCUT2D eigenvalue weighted by Gasteiger charge is 2.51. The van der Waals surface area contributed by atoms with E-state index in [1.165, 1.54) is 64.6 Å². The fourth-order valence-corrected chi connectivity index (χ4v) is 6.55. The van der Waals surface area contributed by atoms with Crippen molar-refractivity contribution in [2.24, 2.45) is 10.5 Å². The molecule has 9 heteroatoms. The van der Waals surface area contributed by atoms with Crippen LogP contribution >= 0.6 is 0 Å². The quantitative estimate of drug-likeness (QED) is 0.531. The zero-order valence-corrected chi connectivity index (χ0v) is 18.6. The van der Waals surface area contributed by atoms with Gasteiger partial charge in [0.05, 0.1) is 6.04 Å². The van der Waals surface area contributed by atoms with E-state index in [-0.39, 0.29) is 0 Å². The van der Waals surface area contributed by atoms with E-state index >= 15 is 0 Å². The summed E-state index contributed by atoms with van der Waals surface area (Å²) in [6, 6.07) is 1.86. The van der Waals surface area contributed by atoms with Crippen molar-refractivity contribution in [3.8, 4) is 0 Å². The Bertz CT molecular complexity index is 633. The highest BCUT2D eigenvalue weighted by molar-refractivity contribution is 5.87. The number of nitrogens with one attached hydrogen (secondary N) is 2. The number of likely N-dealkylation sites (tertiary alicyclic amines) is 3. The Morgan fingerprint density at radius 2 is 1.97 bits per heavy atom. The van der Waals surface area contributed by atoms with Crippen molar-refractivity contribution in [3.05, 3.63) is 0 Å². The zero-order valence-electron chi connectivity index (χ0n) is 18.6. The van der Waals surface area contributed by atoms with E-state index in [2.05, 4.69) is 30.8 Å². The number of hydrazone groups is 1. The number of hydrogen-bond acceptors (Lipinski definition) is 9. The molecule has 4 fully saturated rings. The average Bonchev–Trinajstić information content (AvgIpc) is 3.46. The highest BCUT2D eigenvalue weighted by atomic mass is 16.6. The number of nitrogens with zero attached hydrogens (tertiary/aromatic N) is 5. The van der Waals surface area contributed by atoms with Crippen LogP contribution in [-0.4, -0.2) is 102 Å². The molecule has 170 valence electrons. The molecule has 5 rings (SSSR count). The van der Waals surface area contributed by atoms with E-state index in [0.717, 1.165) is 25.0 Å². The lowest BCUT2D eigenvalue weighted by Crippen LogP contribution is -2.57. The van der Waals surface area contributed by atoms with Gasteiger partial charge >= 0.3 is 0 Å². The van der Waals surface area contributed by atoms with Crippen LogP contribution in [0.4, 0.5) is 0 Å². The molecule has 2 unspecified atom stereocenters. The van der Waals surface area contributed by atoms with E-state index < -0.39 is 6.41 Å². The maximum absolute atomic E-state index is 10.1. The predicted octanol–water partition coefficient (Wildman–Crippen LogP) is 0.350. The molecule has 3 saturated heterocycles. The molecule has 4 heterocycles. The van der Waals surface area contributed by atoms with Crippen molar-refractivity contribution in [2.75, 3.05) is 46.4 Å². The SMILES string of the molecule is CCOC(O)N1CCC2(CC(N3CCC(N4CCCC4C4=NN(C)NN4)CC3)C2)C1. The fraction of sp³-hybridized carbons (Fsp3) is 0.952. The van der Waals surface area contributed by atoms with Crippen LogP contribution in [-0.2, 0) is 4.74 Å². The Balaban J connectivity index is 1.09. The van der Waals surface area contributed by atoms with Crippen LogP contribution in [0.2, 0.25) is 0 Å². The normalized spacial score (nSPS) is 37.6. The molecule has 1 spiro atoms. The summed E-state index contributed by atoms with van der Waals surface area (Å²) in [4.78, 5) is 7.57. The highest BCUT2D eigenvalue weighted by Crippen LogP contribution is 2.51. The first-order valence-corrected chi connectivity index (χ1v) is 11.9. The molecule has 30 heavy (non-hydrogen) atoms. The van der Waals surface area contributed by atoms with Gasteiger partial charge in [-0.15, -0.1) is 10.6 Å². The molecule has 1 aliphatic carbocycles. The fourth-order valence-electron chi connectivity index (χ4n) is 6.55. The molecule has 0 radical (unpaired) electrons. The lowest BCUT2D eigenvalue weighted by Gasteiger charge is -2.52. The molecule has 0 amide bonds. The number of amidine groups is 1. The standard InChI is InChI=1S/C21H39N7O2/c1-3-30-20(29)27-12-8-21(15-27)13-17(14-21)26-10-6-16(7-11-26)28-9-4-5-18(28)19-22-24-25(2)23-19/h16-18,20,24,29H,3-15H2,1-2H3,(H,22,23). The molecule has 0 bridgehead atoms. The van der Waals surface area contributed by atoms with E-state index in [1.807, 2.05) is 14.0 Å². The van der Waals surface area contributed by atoms with Crippen LogP contribution in [0.1, 0.15) is 51.9 Å². The Hall–Kier alpha value is -0.970. The largest absolute Gasteiger partial charge is 0.356 e. The van der Waals surface area contributed by atoms with Gasteiger partial charge < -0.3 is 14.7 Å². The molecular weight excluding hydrogens is 382 g/mol. The number of hydrazine groups is 2. The van der Waals surface area contributed by atoms with E-state index in [9.17, 15) is 5.11 Å². The van der Waals surface area contributed by atoms with Crippen molar-refractivity contribution >= 4 is 5.84 Å². The first-order chi connectivity index (χ1) is 14.6. The lowest BCUT2D eigenvalue weighted by molar-refractivity contribution is -0.188. The van der Waals surface area contributed by atoms with Crippen molar-refractivity contribution in [3.63, 3.8) is 0 Å². The zero-order chi connectivity index (χ0) is 20.7. The van der Waals surface area contributed by atoms with Gasteiger partial charge in [0.2, 0.25) is 6.41 Å². The molecule has 9 nitrogen and oxygen atoms in total. The van der Waals surface area contributed by atoms with Crippen molar-refractivity contribution in [1.29, 1.82) is 0 Å². The minimum atomic E-state index is -0.716. The minimum Gasteiger partial charge on any atom is -0.356 e. The van der Waals surface area contributed by atoms with Crippen LogP contribution in [0.5, 0.6) is 0 Å². The molecule has 0 aromatic rings. The van der Waals surface area contributed by atoms with Crippen LogP contribution in [0, 0.1) is 5.41 Å². The third-order valence-corrected chi connectivity index (χ3v) is 8.13. The lowest BCUT2D eigenvalue weighted by atomic mass is 9.64. The topological polar surface area (TPSA) is 78.8 Å². The molecule has 2 atom stereocenters. The Labute approximate surface area is 180 Å². The minimum absolute atomic E-state index is 0.422. The van der Waals surface area contributed by atoms with Gasteiger partial charge in [-0.25, -0.2) is 5.12 Å². The summed E-state index contributed by atoms with van der Waals surface area (Å²) in [5, 5.41) is 16.5. The van der Waals surface area contributed by atoms with E-state index in [0.29, 0.717) is 24.1 Å². The Morgan fingerprint density at radius 1 is 1.17 bits per heavy atom. The number of ether oxygens (including phenoxy) is 1. The molecule has 3 N–H and O–H groups in total. The van der Waals surface area contributed by atoms with Gasteiger partial charge in [0.25, 0.3) is 0 Å². The van der Waals surface area contributed by atoms with Gasteiger partial charge in [-0.1, -0.05) is 0 Å². The molecule has 5 aliphatic rings. The first-order valence-electron chi connectivity index (χ1n) is 11.9. The van der Waals surface area contributed by atoms with Gasteiger partial charge in [-0.3, -0.25) is 15.2 Å². The predicted molar refractivity (Wildman–Crippen MR) is 115 cm³/mol. The third kappa shape index (κ3) is 3.96. The summed E-state index contributed by atoms with van der Waals surface area (Å²) >= 11 is 0. The number of aliphatic hydroxyl groups is 1. The van der Waals surface area contributed by atoms with Crippen LogP contribution < -0.4 is 11.0 Å². The summed E-state index contributed by atoms with van der Waals surface area (Å²) in [7, 11) is 1.93. The second-order valence-electron chi connectivity index (χ2n) is 9.97. The van der Waals surface area contributed by atoms with Gasteiger partial charge in [0.1, 0.15) is 0 Å². The summed E-state index contributed by atoms with van der Waals surface area (Å²) in [5.74, 6) is 1.08. The van der Waals surface area contributed by atoms with Crippen LogP contribution in [0.15, 0.2) is 5.10 Å². The molecule has 0 aromatic carbocycles. The van der Waals surface area contributed by atoms with Gasteiger partial charge in [-0.2, -0.15) is 0 Å². The van der Waals surface area contributed by atoms with Crippen LogP contribution in [0.3, 0.4) is 0 Å². The Kier molecular flexibility index (Phi) is 5.94. The van der Waals surface area contributed by atoms with Gasteiger partial charge in [-0.05, 0) is 76.9 Å². The number of aliphatic hydroxyl groups excluding tert-OH is 1. The van der Waals surface area contributed by atoms with Crippen molar-refractivity contribution in [1.82, 2.24) is 30.8 Å². The summed E-state index contributed by atoms with van der Waals surface area (Å²) < 4.78 is 5.39. The second-order valence-corrected chi connectivity index (χ2v) is 9.97. The third-order valence-electron chi connectivity index (χ3n) is 8.13. The molecule has 0 aromatic heterocycles. The molecule has 4 aliphatic heterocycles. The summed E-state index contributed by atoms with van der Waals surface area (Å²) in [5.41, 5.74) is 6.74. The van der Waals surface area contributed by atoms with E-state index in [1.54, 1.807) is 5.12 Å². The smallest absolute Gasteiger partial charge is 0.216 e. The Morgan fingerprint density at radius 3 is 2.67 bits per heavy atom. The summed E-state index contributed by atoms with van der Waals surface area (Å²) in [6.07, 6.45) is 8.08. The maximum Gasteiger partial charge on any atom is 0.216 e. The van der Waals surface area contributed by atoms with Crippen LogP contribution in [0.25, 0.3) is 0 Å². The molecule has 1 saturated carbocycles. The second kappa shape index (κ2) is 8.52. The average molecular weight is 422 g/mol. The van der Waals surface area contributed by atoms with Crippen molar-refractivity contribution in [2.45, 2.75) is 76.4 Å². The number of piperidine rings is 1. The monoisotopic (exact) mass is 421 g/mol. The van der Waals surface area contributed by atoms with Gasteiger partial charge in [0, 0.05) is 38.8 Å². The van der Waals surface area contributed by atoms with Crippen molar-refractivity contribution < 1.29 is 9.84 Å². The van der Waals surface area contributed by atoms with E-state index in [4.69, 9.17) is 4.74 Å².